The van der Waals surface area contributed by atoms with Crippen molar-refractivity contribution in [1.82, 2.24) is 10.2 Å². The molecule has 3 heteroatoms. The van der Waals surface area contributed by atoms with Gasteiger partial charge in [0, 0.05) is 32.7 Å². The predicted octanol–water partition coefficient (Wildman–Crippen LogP) is 2.44. The van der Waals surface area contributed by atoms with Crippen molar-refractivity contribution >= 4 is 0 Å². The Labute approximate surface area is 116 Å². The van der Waals surface area contributed by atoms with Crippen LogP contribution in [0.5, 0.6) is 5.75 Å². The normalized spacial score (nSPS) is 16.8. The highest BCUT2D eigenvalue weighted by Crippen LogP contribution is 2.21. The van der Waals surface area contributed by atoms with Crippen LogP contribution in [0, 0.1) is 0 Å². The molecule has 1 N–H and O–H groups in total. The van der Waals surface area contributed by atoms with E-state index in [1.54, 1.807) is 0 Å². The van der Waals surface area contributed by atoms with Crippen LogP contribution in [0.2, 0.25) is 0 Å². The van der Waals surface area contributed by atoms with Gasteiger partial charge in [0.25, 0.3) is 0 Å². The van der Waals surface area contributed by atoms with E-state index in [0.717, 1.165) is 44.9 Å². The van der Waals surface area contributed by atoms with E-state index in [2.05, 4.69) is 49.2 Å². The fourth-order valence-electron chi connectivity index (χ4n) is 2.54. The number of hydrogen-bond donors (Lipinski definition) is 1. The molecule has 3 nitrogen and oxygen atoms in total. The van der Waals surface area contributed by atoms with Gasteiger partial charge in [-0.1, -0.05) is 13.0 Å². The summed E-state index contributed by atoms with van der Waals surface area (Å²) in [7, 11) is 0. The third-order valence-electron chi connectivity index (χ3n) is 3.53. The highest BCUT2D eigenvalue weighted by Gasteiger charge is 2.12. The second-order valence-electron chi connectivity index (χ2n) is 5.48. The number of benzene rings is 1. The third-order valence-corrected chi connectivity index (χ3v) is 3.53. The molecule has 1 aliphatic rings. The maximum Gasteiger partial charge on any atom is 0.119 e. The van der Waals surface area contributed by atoms with Gasteiger partial charge in [-0.15, -0.1) is 0 Å². The van der Waals surface area contributed by atoms with E-state index < -0.39 is 0 Å². The number of rotatable bonds is 5. The van der Waals surface area contributed by atoms with Crippen molar-refractivity contribution in [2.45, 2.75) is 39.8 Å². The SMILES string of the molecule is CCc1cc(OC(C)C)ccc1CN1CCNCC1. The van der Waals surface area contributed by atoms with Gasteiger partial charge in [-0.2, -0.15) is 0 Å². The molecule has 1 saturated heterocycles. The second-order valence-corrected chi connectivity index (χ2v) is 5.48. The van der Waals surface area contributed by atoms with Crippen molar-refractivity contribution in [1.29, 1.82) is 0 Å². The molecule has 0 radical (unpaired) electrons. The molecule has 106 valence electrons. The summed E-state index contributed by atoms with van der Waals surface area (Å²) in [6.45, 7) is 11.9. The first kappa shape index (κ1) is 14.4. The van der Waals surface area contributed by atoms with E-state index in [0.29, 0.717) is 0 Å². The molecule has 1 aliphatic heterocycles. The Morgan fingerprint density at radius 1 is 1.21 bits per heavy atom. The number of aryl methyl sites for hydroxylation is 1. The Balaban J connectivity index is 2.06. The van der Waals surface area contributed by atoms with E-state index >= 15 is 0 Å². The standard InChI is InChI=1S/C16H26N2O/c1-4-14-11-16(19-13(2)3)6-5-15(14)12-18-9-7-17-8-10-18/h5-6,11,13,17H,4,7-10,12H2,1-3H3. The molecule has 0 aliphatic carbocycles. The Kier molecular flexibility index (Phi) is 5.23. The van der Waals surface area contributed by atoms with Crippen molar-refractivity contribution in [3.63, 3.8) is 0 Å². The molecule has 0 aromatic heterocycles. The Bertz CT molecular complexity index is 398. The zero-order valence-electron chi connectivity index (χ0n) is 12.4. The summed E-state index contributed by atoms with van der Waals surface area (Å²) in [6, 6.07) is 6.55. The predicted molar refractivity (Wildman–Crippen MR) is 79.7 cm³/mol. The molecule has 0 amide bonds. The van der Waals surface area contributed by atoms with E-state index in [-0.39, 0.29) is 6.10 Å². The van der Waals surface area contributed by atoms with E-state index in [9.17, 15) is 0 Å². The van der Waals surface area contributed by atoms with Gasteiger partial charge in [0.15, 0.2) is 0 Å². The molecule has 1 fully saturated rings. The molecule has 0 unspecified atom stereocenters. The van der Waals surface area contributed by atoms with Gasteiger partial charge >= 0.3 is 0 Å². The Morgan fingerprint density at radius 3 is 2.58 bits per heavy atom. The highest BCUT2D eigenvalue weighted by molar-refractivity contribution is 5.36. The summed E-state index contributed by atoms with van der Waals surface area (Å²) in [5, 5.41) is 3.40. The summed E-state index contributed by atoms with van der Waals surface area (Å²) < 4.78 is 5.78. The first-order valence-electron chi connectivity index (χ1n) is 7.40. The molecule has 0 spiro atoms. The minimum absolute atomic E-state index is 0.240. The lowest BCUT2D eigenvalue weighted by molar-refractivity contribution is 0.231. The van der Waals surface area contributed by atoms with Crippen molar-refractivity contribution in [2.24, 2.45) is 0 Å². The average Bonchev–Trinajstić information content (AvgIpc) is 2.41. The van der Waals surface area contributed by atoms with Crippen LogP contribution in [0.3, 0.4) is 0 Å². The van der Waals surface area contributed by atoms with Crippen molar-refractivity contribution < 1.29 is 4.74 Å². The monoisotopic (exact) mass is 262 g/mol. The first-order valence-corrected chi connectivity index (χ1v) is 7.40. The average molecular weight is 262 g/mol. The number of hydrogen-bond acceptors (Lipinski definition) is 3. The van der Waals surface area contributed by atoms with Crippen LogP contribution in [-0.2, 0) is 13.0 Å². The molecule has 0 bridgehead atoms. The molecule has 2 rings (SSSR count). The maximum atomic E-state index is 5.78. The lowest BCUT2D eigenvalue weighted by Crippen LogP contribution is -2.43. The number of piperazine rings is 1. The van der Waals surface area contributed by atoms with E-state index in [1.165, 1.54) is 11.1 Å². The van der Waals surface area contributed by atoms with Gasteiger partial charge in [0.05, 0.1) is 6.10 Å². The topological polar surface area (TPSA) is 24.5 Å². The summed E-state index contributed by atoms with van der Waals surface area (Å²) in [6.07, 6.45) is 1.31. The molecule has 19 heavy (non-hydrogen) atoms. The molecular weight excluding hydrogens is 236 g/mol. The summed E-state index contributed by atoms with van der Waals surface area (Å²) in [5.41, 5.74) is 2.86. The van der Waals surface area contributed by atoms with Gasteiger partial charge in [0.2, 0.25) is 0 Å². The Hall–Kier alpha value is -1.06. The number of ether oxygens (including phenoxy) is 1. The zero-order chi connectivity index (χ0) is 13.7. The molecule has 1 aromatic carbocycles. The lowest BCUT2D eigenvalue weighted by Gasteiger charge is -2.28. The minimum Gasteiger partial charge on any atom is -0.491 e. The van der Waals surface area contributed by atoms with Crippen LogP contribution >= 0.6 is 0 Å². The van der Waals surface area contributed by atoms with Crippen LogP contribution < -0.4 is 10.1 Å². The van der Waals surface area contributed by atoms with Gasteiger partial charge in [-0.3, -0.25) is 4.90 Å². The first-order chi connectivity index (χ1) is 9.19. The molecule has 0 saturated carbocycles. The Morgan fingerprint density at radius 2 is 1.95 bits per heavy atom. The largest absolute Gasteiger partial charge is 0.491 e. The van der Waals surface area contributed by atoms with Crippen LogP contribution in [0.4, 0.5) is 0 Å². The lowest BCUT2D eigenvalue weighted by atomic mass is 10.0. The van der Waals surface area contributed by atoms with Crippen LogP contribution in [0.1, 0.15) is 31.9 Å². The van der Waals surface area contributed by atoms with Crippen molar-refractivity contribution in [3.05, 3.63) is 29.3 Å². The fourth-order valence-corrected chi connectivity index (χ4v) is 2.54. The number of nitrogens with one attached hydrogen (secondary N) is 1. The second kappa shape index (κ2) is 6.92. The van der Waals surface area contributed by atoms with Gasteiger partial charge < -0.3 is 10.1 Å². The maximum absolute atomic E-state index is 5.78. The van der Waals surface area contributed by atoms with Crippen LogP contribution in [0.15, 0.2) is 18.2 Å². The van der Waals surface area contributed by atoms with Gasteiger partial charge in [0.1, 0.15) is 5.75 Å². The highest BCUT2D eigenvalue weighted by atomic mass is 16.5. The van der Waals surface area contributed by atoms with Crippen LogP contribution in [-0.4, -0.2) is 37.2 Å². The molecular formula is C16H26N2O. The third kappa shape index (κ3) is 4.22. The smallest absolute Gasteiger partial charge is 0.119 e. The summed E-state index contributed by atoms with van der Waals surface area (Å²) in [5.74, 6) is 0.996. The quantitative estimate of drug-likeness (QED) is 0.882. The van der Waals surface area contributed by atoms with Crippen molar-refractivity contribution in [2.75, 3.05) is 26.2 Å². The van der Waals surface area contributed by atoms with E-state index in [1.807, 2.05) is 0 Å². The number of nitrogens with zero attached hydrogens (tertiary/aromatic N) is 1. The molecule has 1 heterocycles. The minimum atomic E-state index is 0.240. The van der Waals surface area contributed by atoms with Gasteiger partial charge in [-0.25, -0.2) is 0 Å². The van der Waals surface area contributed by atoms with Crippen molar-refractivity contribution in [3.8, 4) is 5.75 Å². The summed E-state index contributed by atoms with van der Waals surface area (Å²) in [4.78, 5) is 2.52. The van der Waals surface area contributed by atoms with Crippen LogP contribution in [0.25, 0.3) is 0 Å². The fraction of sp³-hybridized carbons (Fsp3) is 0.625. The van der Waals surface area contributed by atoms with E-state index in [4.69, 9.17) is 4.74 Å². The zero-order valence-corrected chi connectivity index (χ0v) is 12.4. The summed E-state index contributed by atoms with van der Waals surface area (Å²) >= 11 is 0. The molecule has 1 aromatic rings. The molecule has 0 atom stereocenters. The van der Waals surface area contributed by atoms with Gasteiger partial charge in [-0.05, 0) is 43.5 Å².